The lowest BCUT2D eigenvalue weighted by Crippen LogP contribution is -1.88. The normalized spacial score (nSPS) is 10.4. The summed E-state index contributed by atoms with van der Waals surface area (Å²) < 4.78 is 0. The molecular formula is C10H6N6. The lowest BCUT2D eigenvalue weighted by Gasteiger charge is -1.98. The maximum absolute atomic E-state index is 8.92. The molecule has 0 saturated carbocycles. The Morgan fingerprint density at radius 2 is 2.25 bits per heavy atom. The van der Waals surface area contributed by atoms with Crippen LogP contribution in [0.3, 0.4) is 0 Å². The van der Waals surface area contributed by atoms with Gasteiger partial charge in [0.1, 0.15) is 23.7 Å². The molecule has 6 heteroatoms. The average molecular weight is 210 g/mol. The second-order valence-corrected chi connectivity index (χ2v) is 3.23. The number of hydrogen-bond donors (Lipinski definition) is 2. The lowest BCUT2D eigenvalue weighted by atomic mass is 10.1. The Bertz CT molecular complexity index is 686. The monoisotopic (exact) mass is 210 g/mol. The zero-order chi connectivity index (χ0) is 11.0. The van der Waals surface area contributed by atoms with Crippen LogP contribution < -0.4 is 0 Å². The van der Waals surface area contributed by atoms with Gasteiger partial charge in [0, 0.05) is 11.6 Å². The number of nitrogens with one attached hydrogen (secondary N) is 2. The van der Waals surface area contributed by atoms with Crippen molar-refractivity contribution in [2.45, 2.75) is 0 Å². The highest BCUT2D eigenvalue weighted by Crippen LogP contribution is 2.25. The molecule has 0 radical (unpaired) electrons. The van der Waals surface area contributed by atoms with E-state index in [1.165, 1.54) is 6.33 Å². The minimum atomic E-state index is 0.404. The van der Waals surface area contributed by atoms with Gasteiger partial charge in [0.2, 0.25) is 0 Å². The molecule has 0 fully saturated rings. The van der Waals surface area contributed by atoms with Crippen LogP contribution in [0.1, 0.15) is 5.69 Å². The van der Waals surface area contributed by atoms with Gasteiger partial charge in [-0.15, -0.1) is 0 Å². The van der Waals surface area contributed by atoms with Gasteiger partial charge >= 0.3 is 0 Å². The van der Waals surface area contributed by atoms with Crippen LogP contribution in [0.2, 0.25) is 0 Å². The maximum atomic E-state index is 8.92. The summed E-state index contributed by atoms with van der Waals surface area (Å²) in [6, 6.07) is 3.92. The highest BCUT2D eigenvalue weighted by molar-refractivity contribution is 5.91. The minimum Gasteiger partial charge on any atom is -0.346 e. The molecule has 0 amide bonds. The van der Waals surface area contributed by atoms with Gasteiger partial charge in [-0.25, -0.2) is 9.97 Å². The fraction of sp³-hybridized carbons (Fsp3) is 0. The van der Waals surface area contributed by atoms with Crippen molar-refractivity contribution < 1.29 is 0 Å². The first-order chi connectivity index (χ1) is 7.90. The van der Waals surface area contributed by atoms with E-state index in [2.05, 4.69) is 25.1 Å². The molecule has 0 atom stereocenters. The predicted octanol–water partition coefficient (Wildman–Crippen LogP) is 1.22. The van der Waals surface area contributed by atoms with Crippen molar-refractivity contribution in [3.63, 3.8) is 0 Å². The molecule has 0 saturated heterocycles. The third-order valence-corrected chi connectivity index (χ3v) is 2.36. The highest BCUT2D eigenvalue weighted by atomic mass is 15.1. The van der Waals surface area contributed by atoms with E-state index >= 15 is 0 Å². The van der Waals surface area contributed by atoms with E-state index in [0.29, 0.717) is 17.0 Å². The molecule has 2 N–H and O–H groups in total. The standard InChI is InChI=1S/C10H6N6/c11-3-8-7(4-15-16-8)9-6-1-2-12-10(6)14-5-13-9/h1-2,4-5H,(H,15,16)(H,12,13,14). The number of H-pyrrole nitrogens is 2. The van der Waals surface area contributed by atoms with E-state index in [1.54, 1.807) is 12.4 Å². The number of aromatic amines is 2. The molecule has 3 rings (SSSR count). The molecule has 3 aromatic heterocycles. The summed E-state index contributed by atoms with van der Waals surface area (Å²) in [7, 11) is 0. The van der Waals surface area contributed by atoms with E-state index in [9.17, 15) is 0 Å². The second kappa shape index (κ2) is 3.17. The van der Waals surface area contributed by atoms with Gasteiger partial charge in [-0.1, -0.05) is 0 Å². The van der Waals surface area contributed by atoms with Gasteiger partial charge in [-0.05, 0) is 6.07 Å². The largest absolute Gasteiger partial charge is 0.346 e. The third kappa shape index (κ3) is 1.09. The van der Waals surface area contributed by atoms with E-state index in [4.69, 9.17) is 5.26 Å². The topological polar surface area (TPSA) is 94.0 Å². The van der Waals surface area contributed by atoms with E-state index < -0.39 is 0 Å². The lowest BCUT2D eigenvalue weighted by molar-refractivity contribution is 1.07. The summed E-state index contributed by atoms with van der Waals surface area (Å²) in [6.45, 7) is 0. The van der Waals surface area contributed by atoms with Crippen LogP contribution in [-0.4, -0.2) is 25.1 Å². The van der Waals surface area contributed by atoms with Crippen molar-refractivity contribution in [3.8, 4) is 17.3 Å². The summed E-state index contributed by atoms with van der Waals surface area (Å²) in [5, 5.41) is 16.3. The smallest absolute Gasteiger partial charge is 0.144 e. The van der Waals surface area contributed by atoms with E-state index in [-0.39, 0.29) is 0 Å². The molecule has 3 heterocycles. The number of aromatic nitrogens is 5. The quantitative estimate of drug-likeness (QED) is 0.631. The van der Waals surface area contributed by atoms with E-state index in [0.717, 1.165) is 11.0 Å². The first kappa shape index (κ1) is 8.61. The van der Waals surface area contributed by atoms with Crippen LogP contribution in [0.25, 0.3) is 22.3 Å². The molecular weight excluding hydrogens is 204 g/mol. The van der Waals surface area contributed by atoms with Crippen molar-refractivity contribution in [2.75, 3.05) is 0 Å². The number of fused-ring (bicyclic) bond motifs is 1. The number of hydrogen-bond acceptors (Lipinski definition) is 4. The Morgan fingerprint density at radius 3 is 3.12 bits per heavy atom. The van der Waals surface area contributed by atoms with Gasteiger partial charge in [0.25, 0.3) is 0 Å². The van der Waals surface area contributed by atoms with Gasteiger partial charge in [-0.3, -0.25) is 5.10 Å². The zero-order valence-corrected chi connectivity index (χ0v) is 8.10. The van der Waals surface area contributed by atoms with Crippen LogP contribution in [0, 0.1) is 11.3 Å². The molecule has 0 aliphatic rings. The first-order valence-corrected chi connectivity index (χ1v) is 4.62. The van der Waals surface area contributed by atoms with Crippen LogP contribution >= 0.6 is 0 Å². The Balaban J connectivity index is 2.35. The van der Waals surface area contributed by atoms with Crippen LogP contribution in [-0.2, 0) is 0 Å². The summed E-state index contributed by atoms with van der Waals surface area (Å²) in [4.78, 5) is 11.3. The Morgan fingerprint density at radius 1 is 1.31 bits per heavy atom. The predicted molar refractivity (Wildman–Crippen MR) is 56.2 cm³/mol. The van der Waals surface area contributed by atoms with Crippen molar-refractivity contribution >= 4 is 11.0 Å². The molecule has 6 nitrogen and oxygen atoms in total. The Labute approximate surface area is 90.0 Å². The molecule has 76 valence electrons. The molecule has 0 bridgehead atoms. The van der Waals surface area contributed by atoms with Crippen molar-refractivity contribution in [1.29, 1.82) is 5.26 Å². The number of rotatable bonds is 1. The Hall–Kier alpha value is -2.68. The fourth-order valence-corrected chi connectivity index (χ4v) is 1.64. The van der Waals surface area contributed by atoms with Crippen LogP contribution in [0.5, 0.6) is 0 Å². The molecule has 0 aliphatic carbocycles. The molecule has 16 heavy (non-hydrogen) atoms. The SMILES string of the molecule is N#Cc1[nH]ncc1-c1ncnc2[nH]ccc12. The molecule has 3 aromatic rings. The van der Waals surface area contributed by atoms with Crippen LogP contribution in [0.4, 0.5) is 0 Å². The van der Waals surface area contributed by atoms with Gasteiger partial charge < -0.3 is 4.98 Å². The maximum Gasteiger partial charge on any atom is 0.144 e. The van der Waals surface area contributed by atoms with Crippen LogP contribution in [0.15, 0.2) is 24.8 Å². The van der Waals surface area contributed by atoms with Crippen molar-refractivity contribution in [3.05, 3.63) is 30.5 Å². The summed E-state index contributed by atoms with van der Waals surface area (Å²) in [5.74, 6) is 0. The third-order valence-electron chi connectivity index (χ3n) is 2.36. The molecule has 0 spiro atoms. The molecule has 0 aliphatic heterocycles. The highest BCUT2D eigenvalue weighted by Gasteiger charge is 2.12. The van der Waals surface area contributed by atoms with Gasteiger partial charge in [0.05, 0.1) is 17.5 Å². The summed E-state index contributed by atoms with van der Waals surface area (Å²) in [5.41, 5.74) is 2.54. The van der Waals surface area contributed by atoms with Gasteiger partial charge in [-0.2, -0.15) is 10.4 Å². The average Bonchev–Trinajstić information content (AvgIpc) is 2.96. The first-order valence-electron chi connectivity index (χ1n) is 4.62. The zero-order valence-electron chi connectivity index (χ0n) is 8.10. The second-order valence-electron chi connectivity index (χ2n) is 3.23. The number of nitrogens with zero attached hydrogens (tertiary/aromatic N) is 4. The fourth-order valence-electron chi connectivity index (χ4n) is 1.64. The van der Waals surface area contributed by atoms with Gasteiger partial charge in [0.15, 0.2) is 0 Å². The number of nitriles is 1. The van der Waals surface area contributed by atoms with E-state index in [1.807, 2.05) is 12.1 Å². The molecule has 0 aromatic carbocycles. The summed E-state index contributed by atoms with van der Waals surface area (Å²) >= 11 is 0. The summed E-state index contributed by atoms with van der Waals surface area (Å²) in [6.07, 6.45) is 4.84. The van der Waals surface area contributed by atoms with Crippen molar-refractivity contribution in [2.24, 2.45) is 0 Å². The molecule has 0 unspecified atom stereocenters. The Kier molecular flexibility index (Phi) is 1.71. The van der Waals surface area contributed by atoms with Crippen molar-refractivity contribution in [1.82, 2.24) is 25.1 Å². The minimum absolute atomic E-state index is 0.404.